The molecular formula is C22H23ClN3O5S2+. The van der Waals surface area contributed by atoms with Crippen LogP contribution in [0.1, 0.15) is 5.56 Å². The summed E-state index contributed by atoms with van der Waals surface area (Å²) in [6, 6.07) is 14.6. The van der Waals surface area contributed by atoms with Crippen LogP contribution < -0.4 is 29.1 Å². The van der Waals surface area contributed by atoms with E-state index in [2.05, 4.69) is 14.9 Å². The lowest BCUT2D eigenvalue weighted by molar-refractivity contribution is 0.174. The molecule has 2 aromatic carbocycles. The Labute approximate surface area is 201 Å². The van der Waals surface area contributed by atoms with Gasteiger partial charge in [0.25, 0.3) is 4.21 Å². The summed E-state index contributed by atoms with van der Waals surface area (Å²) in [5.41, 5.74) is 1.86. The molecule has 3 heterocycles. The van der Waals surface area contributed by atoms with Crippen LogP contribution in [-0.2, 0) is 21.2 Å². The number of benzene rings is 2. The second kappa shape index (κ2) is 9.49. The molecule has 33 heavy (non-hydrogen) atoms. The molecule has 8 nitrogen and oxygen atoms in total. The maximum Gasteiger partial charge on any atom is 0.334 e. The van der Waals surface area contributed by atoms with Crippen molar-refractivity contribution in [3.63, 3.8) is 0 Å². The van der Waals surface area contributed by atoms with Crippen molar-refractivity contribution in [1.29, 1.82) is 0 Å². The molecule has 3 aromatic rings. The molecule has 1 unspecified atom stereocenters. The van der Waals surface area contributed by atoms with Crippen LogP contribution in [0.3, 0.4) is 0 Å². The number of nitrogens with one attached hydrogen (secondary N) is 2. The topological polar surface area (TPSA) is 92.3 Å². The average Bonchev–Trinajstić information content (AvgIpc) is 3.45. The van der Waals surface area contributed by atoms with Crippen molar-refractivity contribution in [2.24, 2.45) is 0 Å². The van der Waals surface area contributed by atoms with Crippen molar-refractivity contribution in [1.82, 2.24) is 10.0 Å². The van der Waals surface area contributed by atoms with Crippen LogP contribution in [0.15, 0.2) is 52.7 Å². The molecule has 0 amide bonds. The summed E-state index contributed by atoms with van der Waals surface area (Å²) >= 11 is 7.39. The Morgan fingerprint density at radius 1 is 1.15 bits per heavy atom. The van der Waals surface area contributed by atoms with Crippen LogP contribution in [0.25, 0.3) is 0 Å². The number of rotatable bonds is 7. The predicted octanol–water partition coefficient (Wildman–Crippen LogP) is 4.37. The first-order valence-corrected chi connectivity index (χ1v) is 13.1. The minimum absolute atomic E-state index is 0.171. The van der Waals surface area contributed by atoms with E-state index in [4.69, 9.17) is 25.8 Å². The van der Waals surface area contributed by atoms with Gasteiger partial charge in [-0.2, -0.15) is 4.55 Å². The summed E-state index contributed by atoms with van der Waals surface area (Å²) < 4.78 is 43.1. The Morgan fingerprint density at radius 2 is 1.97 bits per heavy atom. The lowest BCUT2D eigenvalue weighted by atomic mass is 10.2. The second-order valence-electron chi connectivity index (χ2n) is 7.57. The highest BCUT2D eigenvalue weighted by atomic mass is 35.5. The molecule has 0 saturated carbocycles. The van der Waals surface area contributed by atoms with E-state index in [0.29, 0.717) is 22.3 Å². The highest BCUT2D eigenvalue weighted by Gasteiger charge is 2.33. The molecule has 2 aliphatic heterocycles. The van der Waals surface area contributed by atoms with Crippen molar-refractivity contribution in [3.8, 4) is 22.3 Å². The van der Waals surface area contributed by atoms with Crippen LogP contribution in [-0.4, -0.2) is 37.5 Å². The van der Waals surface area contributed by atoms with Gasteiger partial charge in [0.1, 0.15) is 10.8 Å². The molecule has 1 saturated heterocycles. The quantitative estimate of drug-likeness (QED) is 0.408. The largest absolute Gasteiger partial charge is 0.454 e. The third-order valence-electron chi connectivity index (χ3n) is 5.32. The zero-order chi connectivity index (χ0) is 22.8. The Kier molecular flexibility index (Phi) is 6.46. The van der Waals surface area contributed by atoms with Crippen LogP contribution in [0.5, 0.6) is 22.3 Å². The van der Waals surface area contributed by atoms with Gasteiger partial charge in [0.15, 0.2) is 11.5 Å². The molecule has 0 aliphatic carbocycles. The lowest BCUT2D eigenvalue weighted by Gasteiger charge is -2.29. The average molecular weight is 509 g/mol. The summed E-state index contributed by atoms with van der Waals surface area (Å²) in [5.74, 6) is 1.91. The van der Waals surface area contributed by atoms with Crippen LogP contribution >= 0.6 is 22.9 Å². The van der Waals surface area contributed by atoms with Gasteiger partial charge in [-0.25, -0.2) is 0 Å². The monoisotopic (exact) mass is 508 g/mol. The zero-order valence-electron chi connectivity index (χ0n) is 17.6. The number of piperazine rings is 1. The molecule has 1 fully saturated rings. The highest BCUT2D eigenvalue weighted by Crippen LogP contribution is 2.41. The smallest absolute Gasteiger partial charge is 0.334 e. The number of thiophene rings is 1. The van der Waals surface area contributed by atoms with Gasteiger partial charge in [-0.15, -0.1) is 0 Å². The highest BCUT2D eigenvalue weighted by molar-refractivity contribution is 7.97. The van der Waals surface area contributed by atoms with Crippen molar-refractivity contribution in [2.75, 3.05) is 37.9 Å². The van der Waals surface area contributed by atoms with Crippen LogP contribution in [0, 0.1) is 0 Å². The standard InChI is InChI=1S/C22H22ClN3O5S2/c23-18-12-21(33(27,28)25-13-15-4-5-19-20(10-15)30-14-29-19)32-22(18)31-17-3-1-2-16(11-17)26-8-6-24-7-9-26/h1-5,10-12,24H,6-9,13-14H2,(H-,25,27,28)/p+1. The van der Waals surface area contributed by atoms with Gasteiger partial charge in [-0.05, 0) is 45.4 Å². The maximum absolute atomic E-state index is 12.9. The fourth-order valence-corrected chi connectivity index (χ4v) is 6.30. The van der Waals surface area contributed by atoms with E-state index in [1.807, 2.05) is 30.3 Å². The van der Waals surface area contributed by atoms with Gasteiger partial charge in [0.2, 0.25) is 11.9 Å². The van der Waals surface area contributed by atoms with Crippen LogP contribution in [0.4, 0.5) is 5.69 Å². The maximum atomic E-state index is 12.9. The fraction of sp³-hybridized carbons (Fsp3) is 0.273. The van der Waals surface area contributed by atoms with Crippen LogP contribution in [0.2, 0.25) is 5.02 Å². The van der Waals surface area contributed by atoms with Gasteiger partial charge < -0.3 is 24.4 Å². The Bertz CT molecular complexity index is 1200. The van der Waals surface area contributed by atoms with Gasteiger partial charge in [0.05, 0.1) is 6.54 Å². The molecule has 0 radical (unpaired) electrons. The van der Waals surface area contributed by atoms with Gasteiger partial charge in [-0.1, -0.05) is 28.5 Å². The number of ether oxygens (including phenoxy) is 3. The van der Waals surface area contributed by atoms with E-state index in [1.165, 1.54) is 6.07 Å². The number of nitrogens with zero attached hydrogens (tertiary/aromatic N) is 1. The Balaban J connectivity index is 1.27. The van der Waals surface area contributed by atoms with E-state index >= 15 is 0 Å². The molecule has 1 aromatic heterocycles. The molecule has 11 heteroatoms. The number of hydrogen-bond donors (Lipinski definition) is 3. The zero-order valence-corrected chi connectivity index (χ0v) is 20.0. The molecule has 174 valence electrons. The molecule has 5 rings (SSSR count). The van der Waals surface area contributed by atoms with Crippen molar-refractivity contribution >= 4 is 39.0 Å². The second-order valence-corrected chi connectivity index (χ2v) is 11.0. The number of anilines is 1. The third kappa shape index (κ3) is 5.11. The minimum Gasteiger partial charge on any atom is -0.454 e. The molecule has 0 spiro atoms. The third-order valence-corrected chi connectivity index (χ3v) is 8.65. The van der Waals surface area contributed by atoms with Crippen molar-refractivity contribution in [2.45, 2.75) is 10.8 Å². The fourth-order valence-electron chi connectivity index (χ4n) is 3.61. The minimum atomic E-state index is -3.52. The van der Waals surface area contributed by atoms with E-state index in [-0.39, 0.29) is 22.6 Å². The first-order valence-electron chi connectivity index (χ1n) is 10.4. The summed E-state index contributed by atoms with van der Waals surface area (Å²) in [4.78, 5) is 2.28. The molecule has 1 atom stereocenters. The first-order chi connectivity index (χ1) is 16.0. The van der Waals surface area contributed by atoms with Crippen molar-refractivity contribution < 1.29 is 23.0 Å². The molecular weight excluding hydrogens is 486 g/mol. The van der Waals surface area contributed by atoms with E-state index in [9.17, 15) is 8.76 Å². The number of hydrogen-bond acceptors (Lipinski definition) is 7. The summed E-state index contributed by atoms with van der Waals surface area (Å²) in [6.45, 7) is 4.08. The first kappa shape index (κ1) is 22.5. The SMILES string of the molecule is O=[S+](O)(NCc1ccc2c(c1)OCO2)c1cc(Cl)c(Oc2cccc(N3CCNCC3)c2)s1. The Morgan fingerprint density at radius 3 is 2.82 bits per heavy atom. The van der Waals surface area contributed by atoms with E-state index in [0.717, 1.165) is 48.8 Å². The van der Waals surface area contributed by atoms with Gasteiger partial charge in [0, 0.05) is 44.0 Å². The van der Waals surface area contributed by atoms with Gasteiger partial charge in [-0.3, -0.25) is 0 Å². The number of halogens is 1. The molecule has 3 N–H and O–H groups in total. The predicted molar refractivity (Wildman–Crippen MR) is 129 cm³/mol. The van der Waals surface area contributed by atoms with E-state index < -0.39 is 10.4 Å². The van der Waals surface area contributed by atoms with Crippen molar-refractivity contribution in [3.05, 3.63) is 59.1 Å². The van der Waals surface area contributed by atoms with Gasteiger partial charge >= 0.3 is 10.4 Å². The Hall–Kier alpha value is -2.34. The summed E-state index contributed by atoms with van der Waals surface area (Å²) in [6.07, 6.45) is 0. The molecule has 2 aliphatic rings. The summed E-state index contributed by atoms with van der Waals surface area (Å²) in [7, 11) is -3.52. The normalized spacial score (nSPS) is 17.1. The lowest BCUT2D eigenvalue weighted by Crippen LogP contribution is -2.43. The summed E-state index contributed by atoms with van der Waals surface area (Å²) in [5, 5.41) is 3.99. The van der Waals surface area contributed by atoms with E-state index in [1.54, 1.807) is 12.1 Å². The molecule has 0 bridgehead atoms. The number of fused-ring (bicyclic) bond motifs is 1.